The van der Waals surface area contributed by atoms with E-state index in [2.05, 4.69) is 20.6 Å². The number of primary amides is 1. The zero-order chi connectivity index (χ0) is 22.1. The van der Waals surface area contributed by atoms with Gasteiger partial charge >= 0.3 is 0 Å². The Bertz CT molecular complexity index is 880. The van der Waals surface area contributed by atoms with Crippen molar-refractivity contribution < 1.29 is 19.4 Å². The molecule has 2 amide bonds. The highest BCUT2D eigenvalue weighted by Crippen LogP contribution is 2.17. The third kappa shape index (κ3) is 7.35. The number of halogens is 1. The second-order valence-electron chi connectivity index (χ2n) is 6.35. The Hall–Kier alpha value is -3.15. The molecular formula is C18H24ClN7O4. The minimum absolute atomic E-state index is 0.0507. The van der Waals surface area contributed by atoms with Gasteiger partial charge in [0.2, 0.25) is 5.91 Å². The van der Waals surface area contributed by atoms with E-state index >= 15 is 0 Å². The van der Waals surface area contributed by atoms with E-state index in [-0.39, 0.29) is 48.6 Å². The molecule has 1 atom stereocenters. The van der Waals surface area contributed by atoms with Crippen LogP contribution in [0.5, 0.6) is 5.75 Å². The largest absolute Gasteiger partial charge is 0.491 e. The number of benzene rings is 1. The fraction of sp³-hybridized carbons (Fsp3) is 0.333. The molecule has 0 radical (unpaired) electrons. The molecule has 162 valence electrons. The second kappa shape index (κ2) is 11.1. The van der Waals surface area contributed by atoms with Crippen LogP contribution >= 0.6 is 11.6 Å². The number of nitrogens with one attached hydrogen (secondary N) is 2. The standard InChI is InChI=1S/C18H24ClN7O4/c19-15-17(22)26-16(21)14(25-15)18(29)24-6-5-23-8-11(27)9-30-12-3-1-10(2-4-12)7-13(20)28/h1-4,11,23,27H,5-9H2,(H2,20,28)(H,24,29)(H4,21,22,26). The number of aliphatic hydroxyl groups is 1. The molecule has 0 aliphatic carbocycles. The van der Waals surface area contributed by atoms with Gasteiger partial charge in [0.25, 0.3) is 5.91 Å². The highest BCUT2D eigenvalue weighted by molar-refractivity contribution is 6.31. The van der Waals surface area contributed by atoms with E-state index < -0.39 is 17.9 Å². The van der Waals surface area contributed by atoms with Crippen molar-refractivity contribution in [2.24, 2.45) is 5.73 Å². The fourth-order valence-corrected chi connectivity index (χ4v) is 2.51. The SMILES string of the molecule is NC(=O)Cc1ccc(OCC(O)CNCCNC(=O)c2nc(Cl)c(N)nc2N)cc1. The van der Waals surface area contributed by atoms with Crippen molar-refractivity contribution >= 4 is 35.1 Å². The summed E-state index contributed by atoms with van der Waals surface area (Å²) in [5.74, 6) is -0.541. The average molecular weight is 438 g/mol. The van der Waals surface area contributed by atoms with Crippen LogP contribution in [0.15, 0.2) is 24.3 Å². The fourth-order valence-electron chi connectivity index (χ4n) is 2.38. The molecule has 0 saturated carbocycles. The van der Waals surface area contributed by atoms with E-state index in [1.165, 1.54) is 0 Å². The lowest BCUT2D eigenvalue weighted by molar-refractivity contribution is -0.117. The molecule has 1 aromatic carbocycles. The average Bonchev–Trinajstić information content (AvgIpc) is 2.69. The van der Waals surface area contributed by atoms with Gasteiger partial charge in [0.1, 0.15) is 18.5 Å². The van der Waals surface area contributed by atoms with E-state index in [4.69, 9.17) is 33.5 Å². The Balaban J connectivity index is 1.64. The van der Waals surface area contributed by atoms with Gasteiger partial charge in [-0.25, -0.2) is 9.97 Å². The predicted molar refractivity (Wildman–Crippen MR) is 112 cm³/mol. The number of aromatic nitrogens is 2. The van der Waals surface area contributed by atoms with Crippen LogP contribution in [0.2, 0.25) is 5.15 Å². The monoisotopic (exact) mass is 437 g/mol. The molecule has 0 saturated heterocycles. The number of nitrogens with zero attached hydrogens (tertiary/aromatic N) is 2. The maximum atomic E-state index is 12.1. The van der Waals surface area contributed by atoms with Crippen LogP contribution in [0.4, 0.5) is 11.6 Å². The smallest absolute Gasteiger partial charge is 0.273 e. The first-order valence-electron chi connectivity index (χ1n) is 9.01. The number of amides is 2. The summed E-state index contributed by atoms with van der Waals surface area (Å²) in [5.41, 5.74) is 16.9. The normalized spacial score (nSPS) is 11.7. The van der Waals surface area contributed by atoms with Crippen LogP contribution in [0, 0.1) is 0 Å². The number of nitrogen functional groups attached to an aromatic ring is 2. The molecule has 12 heteroatoms. The van der Waals surface area contributed by atoms with Gasteiger partial charge < -0.3 is 37.7 Å². The number of aliphatic hydroxyl groups excluding tert-OH is 1. The predicted octanol–water partition coefficient (Wildman–Crippen LogP) is -0.918. The molecule has 2 rings (SSSR count). The summed E-state index contributed by atoms with van der Waals surface area (Å²) in [5, 5.41) is 15.5. The quantitative estimate of drug-likeness (QED) is 0.241. The Morgan fingerprint density at radius 3 is 2.50 bits per heavy atom. The summed E-state index contributed by atoms with van der Waals surface area (Å²) in [6, 6.07) is 6.87. The van der Waals surface area contributed by atoms with Gasteiger partial charge in [-0.05, 0) is 17.7 Å². The number of carbonyl (C=O) groups is 2. The van der Waals surface area contributed by atoms with E-state index in [0.29, 0.717) is 12.3 Å². The molecule has 0 aliphatic rings. The van der Waals surface area contributed by atoms with Crippen LogP contribution in [0.1, 0.15) is 16.1 Å². The Morgan fingerprint density at radius 1 is 1.13 bits per heavy atom. The van der Waals surface area contributed by atoms with Crippen molar-refractivity contribution in [3.8, 4) is 5.75 Å². The van der Waals surface area contributed by atoms with Gasteiger partial charge in [0, 0.05) is 19.6 Å². The molecule has 0 spiro atoms. The molecule has 1 aromatic heterocycles. The molecule has 9 N–H and O–H groups in total. The van der Waals surface area contributed by atoms with Gasteiger partial charge in [-0.2, -0.15) is 0 Å². The number of ether oxygens (including phenoxy) is 1. The molecule has 1 unspecified atom stereocenters. The molecular weight excluding hydrogens is 414 g/mol. The number of hydrogen-bond donors (Lipinski definition) is 6. The van der Waals surface area contributed by atoms with Gasteiger partial charge in [-0.3, -0.25) is 9.59 Å². The van der Waals surface area contributed by atoms with Crippen LogP contribution in [0.25, 0.3) is 0 Å². The van der Waals surface area contributed by atoms with Crippen molar-refractivity contribution in [3.63, 3.8) is 0 Å². The van der Waals surface area contributed by atoms with Gasteiger partial charge in [0.05, 0.1) is 6.42 Å². The first-order valence-corrected chi connectivity index (χ1v) is 9.39. The lowest BCUT2D eigenvalue weighted by Crippen LogP contribution is -2.37. The van der Waals surface area contributed by atoms with Gasteiger partial charge in [-0.1, -0.05) is 23.7 Å². The van der Waals surface area contributed by atoms with Gasteiger partial charge in [0.15, 0.2) is 22.5 Å². The van der Waals surface area contributed by atoms with Crippen molar-refractivity contribution in [1.29, 1.82) is 0 Å². The summed E-state index contributed by atoms with van der Waals surface area (Å²) in [6.07, 6.45) is -0.600. The van der Waals surface area contributed by atoms with Crippen molar-refractivity contribution in [2.75, 3.05) is 37.7 Å². The molecule has 30 heavy (non-hydrogen) atoms. The van der Waals surface area contributed by atoms with E-state index in [9.17, 15) is 14.7 Å². The van der Waals surface area contributed by atoms with Crippen molar-refractivity contribution in [2.45, 2.75) is 12.5 Å². The minimum Gasteiger partial charge on any atom is -0.491 e. The van der Waals surface area contributed by atoms with Crippen LogP contribution in [-0.4, -0.2) is 59.2 Å². The number of anilines is 2. The third-order valence-electron chi connectivity index (χ3n) is 3.83. The molecule has 0 fully saturated rings. The summed E-state index contributed by atoms with van der Waals surface area (Å²) >= 11 is 5.75. The summed E-state index contributed by atoms with van der Waals surface area (Å²) in [4.78, 5) is 30.5. The lowest BCUT2D eigenvalue weighted by Gasteiger charge is -2.14. The van der Waals surface area contributed by atoms with E-state index in [0.717, 1.165) is 5.56 Å². The summed E-state index contributed by atoms with van der Waals surface area (Å²) in [7, 11) is 0. The molecule has 0 bridgehead atoms. The highest BCUT2D eigenvalue weighted by Gasteiger charge is 2.15. The van der Waals surface area contributed by atoms with Gasteiger partial charge in [-0.15, -0.1) is 0 Å². The number of rotatable bonds is 11. The zero-order valence-electron chi connectivity index (χ0n) is 16.1. The van der Waals surface area contributed by atoms with E-state index in [1.54, 1.807) is 24.3 Å². The second-order valence-corrected chi connectivity index (χ2v) is 6.70. The minimum atomic E-state index is -0.761. The summed E-state index contributed by atoms with van der Waals surface area (Å²) in [6.45, 7) is 0.980. The molecule has 11 nitrogen and oxygen atoms in total. The Morgan fingerprint density at radius 2 is 1.83 bits per heavy atom. The van der Waals surface area contributed by atoms with Crippen LogP contribution < -0.4 is 32.6 Å². The summed E-state index contributed by atoms with van der Waals surface area (Å²) < 4.78 is 5.49. The molecule has 1 heterocycles. The van der Waals surface area contributed by atoms with E-state index in [1.807, 2.05) is 0 Å². The number of nitrogens with two attached hydrogens (primary N) is 3. The first-order chi connectivity index (χ1) is 14.3. The molecule has 0 aliphatic heterocycles. The lowest BCUT2D eigenvalue weighted by atomic mass is 10.1. The number of carbonyl (C=O) groups excluding carboxylic acids is 2. The van der Waals surface area contributed by atoms with Crippen molar-refractivity contribution in [3.05, 3.63) is 40.7 Å². The Kier molecular flexibility index (Phi) is 8.59. The van der Waals surface area contributed by atoms with Crippen molar-refractivity contribution in [1.82, 2.24) is 20.6 Å². The maximum absolute atomic E-state index is 12.1. The molecule has 2 aromatic rings. The zero-order valence-corrected chi connectivity index (χ0v) is 16.9. The highest BCUT2D eigenvalue weighted by atomic mass is 35.5. The maximum Gasteiger partial charge on any atom is 0.273 e. The van der Waals surface area contributed by atoms with Crippen LogP contribution in [0.3, 0.4) is 0 Å². The third-order valence-corrected chi connectivity index (χ3v) is 4.11. The van der Waals surface area contributed by atoms with Crippen LogP contribution in [-0.2, 0) is 11.2 Å². The number of hydrogen-bond acceptors (Lipinski definition) is 9. The topological polar surface area (TPSA) is 192 Å². The Labute approximate surface area is 178 Å². The first kappa shape index (κ1) is 23.1.